The zero-order valence-electron chi connectivity index (χ0n) is 13.2. The highest BCUT2D eigenvalue weighted by Gasteiger charge is 2.34. The third kappa shape index (κ3) is 4.23. The lowest BCUT2D eigenvalue weighted by Gasteiger charge is -2.36. The summed E-state index contributed by atoms with van der Waals surface area (Å²) >= 11 is 0. The molecule has 0 saturated heterocycles. The third-order valence-electron chi connectivity index (χ3n) is 4.35. The fourth-order valence-corrected chi connectivity index (χ4v) is 2.84. The average molecular weight is 300 g/mol. The number of rotatable bonds is 5. The zero-order chi connectivity index (χ0) is 16.0. The summed E-state index contributed by atoms with van der Waals surface area (Å²) < 4.78 is 5.77. The Hall–Kier alpha value is -2.03. The lowest BCUT2D eigenvalue weighted by Crippen LogP contribution is -2.36. The number of aromatic hydroxyl groups is 1. The molecule has 0 bridgehead atoms. The summed E-state index contributed by atoms with van der Waals surface area (Å²) in [6.45, 7) is 5.88. The number of carbonyl (C=O) groups excluding carboxylic acids is 1. The fourth-order valence-electron chi connectivity index (χ4n) is 2.84. The van der Waals surface area contributed by atoms with E-state index in [0.29, 0.717) is 5.57 Å². The molecule has 1 aliphatic carbocycles. The first-order valence-electron chi connectivity index (χ1n) is 7.94. The first kappa shape index (κ1) is 16.3. The Labute approximate surface area is 132 Å². The van der Waals surface area contributed by atoms with E-state index in [4.69, 9.17) is 4.74 Å². The van der Waals surface area contributed by atoms with Crippen molar-refractivity contribution in [2.24, 2.45) is 0 Å². The van der Waals surface area contributed by atoms with Gasteiger partial charge in [0, 0.05) is 0 Å². The number of carbonyl (C=O) groups is 1. The number of benzene rings is 1. The maximum Gasteiger partial charge on any atom is 0.338 e. The van der Waals surface area contributed by atoms with Crippen LogP contribution in [0.1, 0.15) is 51.0 Å². The van der Waals surface area contributed by atoms with E-state index >= 15 is 0 Å². The van der Waals surface area contributed by atoms with Crippen LogP contribution in [0.5, 0.6) is 5.75 Å². The third-order valence-corrected chi connectivity index (χ3v) is 4.35. The van der Waals surface area contributed by atoms with Crippen molar-refractivity contribution >= 4 is 12.0 Å². The van der Waals surface area contributed by atoms with Gasteiger partial charge in [0.05, 0.1) is 5.57 Å². The Bertz CT molecular complexity index is 549. The van der Waals surface area contributed by atoms with Gasteiger partial charge in [-0.1, -0.05) is 38.1 Å². The van der Waals surface area contributed by atoms with Crippen molar-refractivity contribution in [3.63, 3.8) is 0 Å². The monoisotopic (exact) mass is 300 g/mol. The molecule has 1 aromatic rings. The van der Waals surface area contributed by atoms with E-state index in [-0.39, 0.29) is 17.3 Å². The molecule has 1 saturated carbocycles. The van der Waals surface area contributed by atoms with Crippen molar-refractivity contribution in [1.29, 1.82) is 0 Å². The molecule has 118 valence electrons. The second-order valence-electron chi connectivity index (χ2n) is 5.94. The van der Waals surface area contributed by atoms with E-state index in [2.05, 4.69) is 13.5 Å². The summed E-state index contributed by atoms with van der Waals surface area (Å²) in [5.41, 5.74) is 0.950. The van der Waals surface area contributed by atoms with Crippen molar-refractivity contribution in [1.82, 2.24) is 0 Å². The minimum atomic E-state index is -0.334. The van der Waals surface area contributed by atoms with Gasteiger partial charge in [-0.25, -0.2) is 4.79 Å². The van der Waals surface area contributed by atoms with E-state index in [0.717, 1.165) is 37.7 Å². The summed E-state index contributed by atoms with van der Waals surface area (Å²) in [6.07, 6.45) is 9.68. The van der Waals surface area contributed by atoms with Gasteiger partial charge < -0.3 is 9.84 Å². The van der Waals surface area contributed by atoms with Crippen molar-refractivity contribution in [2.45, 2.75) is 51.0 Å². The molecule has 0 heterocycles. The van der Waals surface area contributed by atoms with Crippen LogP contribution in [0.4, 0.5) is 0 Å². The maximum atomic E-state index is 12.2. The molecule has 1 fully saturated rings. The summed E-state index contributed by atoms with van der Waals surface area (Å²) in [5.74, 6) is -0.114. The zero-order valence-corrected chi connectivity index (χ0v) is 13.2. The van der Waals surface area contributed by atoms with Crippen molar-refractivity contribution in [3.8, 4) is 5.75 Å². The predicted octanol–water partition coefficient (Wildman–Crippen LogP) is 4.62. The van der Waals surface area contributed by atoms with Crippen LogP contribution in [-0.4, -0.2) is 16.7 Å². The van der Waals surface area contributed by atoms with Crippen LogP contribution in [-0.2, 0) is 9.53 Å². The Morgan fingerprint density at radius 1 is 1.27 bits per heavy atom. The van der Waals surface area contributed by atoms with Crippen LogP contribution >= 0.6 is 0 Å². The first-order chi connectivity index (χ1) is 10.5. The van der Waals surface area contributed by atoms with Gasteiger partial charge in [-0.15, -0.1) is 0 Å². The molecule has 2 rings (SSSR count). The van der Waals surface area contributed by atoms with Gasteiger partial charge in [-0.05, 0) is 55.9 Å². The van der Waals surface area contributed by atoms with Gasteiger partial charge in [0.15, 0.2) is 0 Å². The van der Waals surface area contributed by atoms with Crippen LogP contribution in [0.15, 0.2) is 42.5 Å². The highest BCUT2D eigenvalue weighted by atomic mass is 16.6. The van der Waals surface area contributed by atoms with Gasteiger partial charge in [0.1, 0.15) is 11.4 Å². The number of phenols is 1. The first-order valence-corrected chi connectivity index (χ1v) is 7.94. The predicted molar refractivity (Wildman–Crippen MR) is 88.5 cm³/mol. The molecular weight excluding hydrogens is 276 g/mol. The van der Waals surface area contributed by atoms with Crippen LogP contribution in [0.2, 0.25) is 0 Å². The molecule has 0 spiro atoms. The number of ether oxygens (including phenoxy) is 1. The summed E-state index contributed by atoms with van der Waals surface area (Å²) in [7, 11) is 0. The molecule has 3 nitrogen and oxygen atoms in total. The quantitative estimate of drug-likeness (QED) is 0.490. The van der Waals surface area contributed by atoms with Gasteiger partial charge in [-0.2, -0.15) is 0 Å². The Kier molecular flexibility index (Phi) is 5.42. The topological polar surface area (TPSA) is 46.5 Å². The molecule has 1 N–H and O–H groups in total. The molecule has 0 atom stereocenters. The van der Waals surface area contributed by atoms with Crippen LogP contribution in [0.25, 0.3) is 6.08 Å². The minimum absolute atomic E-state index is 0.220. The van der Waals surface area contributed by atoms with Crippen molar-refractivity contribution in [2.75, 3.05) is 0 Å². The van der Waals surface area contributed by atoms with Crippen LogP contribution in [0, 0.1) is 0 Å². The van der Waals surface area contributed by atoms with E-state index < -0.39 is 0 Å². The molecule has 3 heteroatoms. The fraction of sp³-hybridized carbons (Fsp3) is 0.421. The van der Waals surface area contributed by atoms with Gasteiger partial charge in [-0.3, -0.25) is 0 Å². The minimum Gasteiger partial charge on any atom is -0.508 e. The standard InChI is InChI=1S/C19H24O3/c1-3-19(13-5-4-6-14-19)22-18(21)15(2)7-8-16-9-11-17(20)12-10-16/h7-12,20H,2-6,13-14H2,1H3. The number of esters is 1. The number of phenolic OH excluding ortho intramolecular Hbond substituents is 1. The largest absolute Gasteiger partial charge is 0.508 e. The van der Waals surface area contributed by atoms with Crippen molar-refractivity contribution < 1.29 is 14.6 Å². The van der Waals surface area contributed by atoms with Gasteiger partial charge >= 0.3 is 5.97 Å². The van der Waals surface area contributed by atoms with E-state index in [9.17, 15) is 9.90 Å². The molecule has 0 unspecified atom stereocenters. The Balaban J connectivity index is 1.96. The highest BCUT2D eigenvalue weighted by molar-refractivity contribution is 5.92. The Morgan fingerprint density at radius 3 is 2.50 bits per heavy atom. The SMILES string of the molecule is C=C(C=Cc1ccc(O)cc1)C(=O)OC1(CC)CCCCC1. The lowest BCUT2D eigenvalue weighted by atomic mass is 9.82. The Morgan fingerprint density at radius 2 is 1.91 bits per heavy atom. The molecule has 0 radical (unpaired) electrons. The van der Waals surface area contributed by atoms with E-state index in [1.54, 1.807) is 36.4 Å². The maximum absolute atomic E-state index is 12.2. The highest BCUT2D eigenvalue weighted by Crippen LogP contribution is 2.35. The average Bonchev–Trinajstić information content (AvgIpc) is 2.55. The number of hydrogen-bond acceptors (Lipinski definition) is 3. The van der Waals surface area contributed by atoms with Crippen LogP contribution < -0.4 is 0 Å². The second-order valence-corrected chi connectivity index (χ2v) is 5.94. The molecule has 0 aromatic heterocycles. The summed E-state index contributed by atoms with van der Waals surface area (Å²) in [4.78, 5) is 12.2. The van der Waals surface area contributed by atoms with E-state index in [1.807, 2.05) is 0 Å². The number of hydrogen-bond donors (Lipinski definition) is 1. The van der Waals surface area contributed by atoms with Crippen molar-refractivity contribution in [3.05, 3.63) is 48.1 Å². The molecule has 0 amide bonds. The summed E-state index contributed by atoms with van der Waals surface area (Å²) in [5, 5.41) is 9.24. The van der Waals surface area contributed by atoms with Gasteiger partial charge in [0.25, 0.3) is 0 Å². The summed E-state index contributed by atoms with van der Waals surface area (Å²) in [6, 6.07) is 6.77. The molecule has 0 aliphatic heterocycles. The second kappa shape index (κ2) is 7.30. The molecule has 22 heavy (non-hydrogen) atoms. The van der Waals surface area contributed by atoms with E-state index in [1.165, 1.54) is 6.42 Å². The van der Waals surface area contributed by atoms with Crippen LogP contribution in [0.3, 0.4) is 0 Å². The van der Waals surface area contributed by atoms with Gasteiger partial charge in [0.2, 0.25) is 0 Å². The molecule has 1 aromatic carbocycles. The normalized spacial score (nSPS) is 17.3. The molecule has 1 aliphatic rings. The molecular formula is C19H24O3. The lowest BCUT2D eigenvalue weighted by molar-refractivity contribution is -0.158. The smallest absolute Gasteiger partial charge is 0.338 e.